The number of hydrogen-bond donors (Lipinski definition) is 1. The summed E-state index contributed by atoms with van der Waals surface area (Å²) in [5, 5.41) is 10.8. The number of amides is 1. The number of aromatic amines is 1. The largest absolute Gasteiger partial charge is 0.463 e. The third-order valence-electron chi connectivity index (χ3n) is 2.71. The second-order valence-electron chi connectivity index (χ2n) is 4.92. The van der Waals surface area contributed by atoms with Gasteiger partial charge in [0, 0.05) is 12.1 Å². The van der Waals surface area contributed by atoms with Crippen molar-refractivity contribution in [2.24, 2.45) is 0 Å². The molecule has 1 aromatic heterocycles. The van der Waals surface area contributed by atoms with Crippen LogP contribution in [0.2, 0.25) is 0 Å². The van der Waals surface area contributed by atoms with E-state index in [0.29, 0.717) is 0 Å². The smallest absolute Gasteiger partial charge is 0.395 e. The molecule has 0 aliphatic heterocycles. The van der Waals surface area contributed by atoms with Crippen LogP contribution >= 0.6 is 0 Å². The van der Waals surface area contributed by atoms with Crippen molar-refractivity contribution in [3.05, 3.63) is 26.8 Å². The maximum atomic E-state index is 12.1. The maximum absolute atomic E-state index is 12.1. The molecule has 21 heavy (non-hydrogen) atoms. The number of aromatic nitrogens is 2. The Hall–Kier alpha value is -2.45. The van der Waals surface area contributed by atoms with Crippen molar-refractivity contribution in [3.63, 3.8) is 0 Å². The van der Waals surface area contributed by atoms with Gasteiger partial charge in [0.1, 0.15) is 0 Å². The van der Waals surface area contributed by atoms with Crippen LogP contribution in [-0.2, 0) is 4.79 Å². The summed E-state index contributed by atoms with van der Waals surface area (Å²) in [7, 11) is 0. The van der Waals surface area contributed by atoms with Crippen molar-refractivity contribution < 1.29 is 14.5 Å². The number of rotatable bonds is 6. The Morgan fingerprint density at radius 3 is 2.48 bits per heavy atom. The highest BCUT2D eigenvalue weighted by molar-refractivity contribution is 5.78. The van der Waals surface area contributed by atoms with Gasteiger partial charge in [0.15, 0.2) is 6.61 Å². The van der Waals surface area contributed by atoms with Crippen LogP contribution in [0.4, 0.5) is 5.69 Å². The SMILES string of the molecule is CC(C)N(C(=O)COc1nc[nH]c(=O)c1[N+](=O)[O-])C(C)C. The molecule has 0 aromatic carbocycles. The molecule has 1 aromatic rings. The Bertz CT molecular complexity index is 573. The Labute approximate surface area is 121 Å². The van der Waals surface area contributed by atoms with E-state index in [4.69, 9.17) is 4.74 Å². The van der Waals surface area contributed by atoms with E-state index in [1.165, 1.54) is 0 Å². The number of nitro groups is 1. The van der Waals surface area contributed by atoms with Gasteiger partial charge in [-0.3, -0.25) is 19.7 Å². The van der Waals surface area contributed by atoms with E-state index in [1.54, 1.807) is 4.90 Å². The molecule has 1 amide bonds. The summed E-state index contributed by atoms with van der Waals surface area (Å²) < 4.78 is 5.06. The van der Waals surface area contributed by atoms with Crippen LogP contribution in [0, 0.1) is 10.1 Å². The summed E-state index contributed by atoms with van der Waals surface area (Å²) in [5.41, 5.74) is -1.74. The Morgan fingerprint density at radius 2 is 2.00 bits per heavy atom. The first-order valence-corrected chi connectivity index (χ1v) is 6.41. The van der Waals surface area contributed by atoms with Gasteiger partial charge in [0.05, 0.1) is 11.3 Å². The van der Waals surface area contributed by atoms with Crippen LogP contribution in [0.15, 0.2) is 11.1 Å². The maximum Gasteiger partial charge on any atom is 0.395 e. The Kier molecular flexibility index (Phi) is 5.39. The molecule has 1 rings (SSSR count). The van der Waals surface area contributed by atoms with Crippen LogP contribution in [0.25, 0.3) is 0 Å². The van der Waals surface area contributed by atoms with Gasteiger partial charge < -0.3 is 14.6 Å². The molecule has 0 aliphatic carbocycles. The number of carbonyl (C=O) groups excluding carboxylic acids is 1. The highest BCUT2D eigenvalue weighted by atomic mass is 16.6. The number of carbonyl (C=O) groups is 1. The highest BCUT2D eigenvalue weighted by Gasteiger charge is 2.25. The molecule has 9 nitrogen and oxygen atoms in total. The number of ether oxygens (including phenoxy) is 1. The van der Waals surface area contributed by atoms with Crippen LogP contribution in [0.1, 0.15) is 27.7 Å². The quantitative estimate of drug-likeness (QED) is 0.610. The van der Waals surface area contributed by atoms with Crippen LogP contribution < -0.4 is 10.3 Å². The van der Waals surface area contributed by atoms with Gasteiger partial charge >= 0.3 is 17.1 Å². The fourth-order valence-electron chi connectivity index (χ4n) is 2.02. The minimum atomic E-state index is -0.929. The van der Waals surface area contributed by atoms with Crippen molar-refractivity contribution in [3.8, 4) is 5.88 Å². The zero-order valence-corrected chi connectivity index (χ0v) is 12.3. The van der Waals surface area contributed by atoms with Crippen molar-refractivity contribution in [2.45, 2.75) is 39.8 Å². The molecular formula is C12H18N4O5. The summed E-state index contributed by atoms with van der Waals surface area (Å²) >= 11 is 0. The standard InChI is InChI=1S/C12H18N4O5/c1-7(2)15(8(3)4)9(17)5-21-12-10(16(19)20)11(18)13-6-14-12/h6-8H,5H2,1-4H3,(H,13,14,18). The van der Waals surface area contributed by atoms with E-state index in [2.05, 4.69) is 9.97 Å². The zero-order valence-electron chi connectivity index (χ0n) is 12.3. The third-order valence-corrected chi connectivity index (χ3v) is 2.71. The van der Waals surface area contributed by atoms with Crippen molar-refractivity contribution in [2.75, 3.05) is 6.61 Å². The molecule has 0 bridgehead atoms. The average Bonchev–Trinajstić information content (AvgIpc) is 2.34. The predicted octanol–water partition coefficient (Wildman–Crippen LogP) is 0.702. The Balaban J connectivity index is 2.90. The molecule has 0 radical (unpaired) electrons. The normalized spacial score (nSPS) is 10.8. The van der Waals surface area contributed by atoms with E-state index in [0.717, 1.165) is 6.33 Å². The molecule has 9 heteroatoms. The molecule has 1 heterocycles. The molecule has 0 spiro atoms. The van der Waals surface area contributed by atoms with Gasteiger partial charge in [-0.05, 0) is 27.7 Å². The molecule has 116 valence electrons. The zero-order chi connectivity index (χ0) is 16.2. The van der Waals surface area contributed by atoms with Gasteiger partial charge in [-0.15, -0.1) is 0 Å². The lowest BCUT2D eigenvalue weighted by molar-refractivity contribution is -0.387. The van der Waals surface area contributed by atoms with Gasteiger partial charge in [-0.25, -0.2) is 0 Å². The molecule has 0 saturated heterocycles. The first kappa shape index (κ1) is 16.6. The average molecular weight is 298 g/mol. The van der Waals surface area contributed by atoms with E-state index in [-0.39, 0.29) is 18.0 Å². The minimum absolute atomic E-state index is 0.0387. The van der Waals surface area contributed by atoms with Gasteiger partial charge in [0.25, 0.3) is 5.91 Å². The van der Waals surface area contributed by atoms with Crippen LogP contribution in [-0.4, -0.2) is 44.4 Å². The molecule has 1 N–H and O–H groups in total. The summed E-state index contributed by atoms with van der Waals surface area (Å²) in [6.07, 6.45) is 0.984. The van der Waals surface area contributed by atoms with Crippen molar-refractivity contribution in [1.29, 1.82) is 0 Å². The number of H-pyrrole nitrogens is 1. The summed E-state index contributed by atoms with van der Waals surface area (Å²) in [5.74, 6) is -0.805. The molecular weight excluding hydrogens is 280 g/mol. The van der Waals surface area contributed by atoms with E-state index in [1.807, 2.05) is 27.7 Å². The lowest BCUT2D eigenvalue weighted by Gasteiger charge is -2.30. The lowest BCUT2D eigenvalue weighted by atomic mass is 10.2. The highest BCUT2D eigenvalue weighted by Crippen LogP contribution is 2.18. The second-order valence-corrected chi connectivity index (χ2v) is 4.92. The lowest BCUT2D eigenvalue weighted by Crippen LogP contribution is -2.44. The predicted molar refractivity (Wildman–Crippen MR) is 74.1 cm³/mol. The molecule has 0 unspecified atom stereocenters. The third kappa shape index (κ3) is 4.01. The minimum Gasteiger partial charge on any atom is -0.463 e. The first-order chi connectivity index (χ1) is 9.75. The van der Waals surface area contributed by atoms with Crippen LogP contribution in [0.3, 0.4) is 0 Å². The molecule has 0 saturated carbocycles. The summed E-state index contributed by atoms with van der Waals surface area (Å²) in [6.45, 7) is 6.99. The fourth-order valence-corrected chi connectivity index (χ4v) is 2.02. The first-order valence-electron chi connectivity index (χ1n) is 6.41. The number of nitrogens with zero attached hydrogens (tertiary/aromatic N) is 3. The van der Waals surface area contributed by atoms with Gasteiger partial charge in [-0.1, -0.05) is 0 Å². The van der Waals surface area contributed by atoms with Gasteiger partial charge in [0.2, 0.25) is 0 Å². The van der Waals surface area contributed by atoms with Gasteiger partial charge in [-0.2, -0.15) is 4.98 Å². The monoisotopic (exact) mass is 298 g/mol. The molecule has 0 fully saturated rings. The summed E-state index contributed by atoms with van der Waals surface area (Å²) in [6, 6.07) is -0.0774. The topological polar surface area (TPSA) is 118 Å². The van der Waals surface area contributed by atoms with Crippen molar-refractivity contribution >= 4 is 11.6 Å². The number of hydrogen-bond acceptors (Lipinski definition) is 6. The van der Waals surface area contributed by atoms with E-state index < -0.39 is 28.7 Å². The van der Waals surface area contributed by atoms with E-state index >= 15 is 0 Å². The number of nitrogens with one attached hydrogen (secondary N) is 1. The Morgan fingerprint density at radius 1 is 1.43 bits per heavy atom. The molecule has 0 atom stereocenters. The van der Waals surface area contributed by atoms with E-state index in [9.17, 15) is 19.7 Å². The molecule has 0 aliphatic rings. The summed E-state index contributed by atoms with van der Waals surface area (Å²) in [4.78, 5) is 40.6. The van der Waals surface area contributed by atoms with Crippen molar-refractivity contribution in [1.82, 2.24) is 14.9 Å². The fraction of sp³-hybridized carbons (Fsp3) is 0.583. The second kappa shape index (κ2) is 6.82. The van der Waals surface area contributed by atoms with Crippen LogP contribution in [0.5, 0.6) is 5.88 Å².